The average molecular weight is 361 g/mol. The Morgan fingerprint density at radius 3 is 2.35 bits per heavy atom. The lowest BCUT2D eigenvalue weighted by molar-refractivity contribution is 0.204. The Labute approximate surface area is 129 Å². The van der Waals surface area contributed by atoms with E-state index in [1.807, 2.05) is 13.8 Å². The van der Waals surface area contributed by atoms with Crippen molar-refractivity contribution < 1.29 is 8.42 Å². The zero-order valence-corrected chi connectivity index (χ0v) is 14.5. The molecule has 1 heterocycles. The van der Waals surface area contributed by atoms with Gasteiger partial charge in [-0.1, -0.05) is 22.4 Å². The SMILES string of the molecule is Cc1c(N)cc(Br)cc1S(=O)(=O)N1[C@H](C)CCC[C@@H]1C. The lowest BCUT2D eigenvalue weighted by atomic mass is 10.0. The molecule has 112 valence electrons. The fraction of sp³-hybridized carbons (Fsp3) is 0.571. The number of halogens is 1. The fourth-order valence-corrected chi connectivity index (χ4v) is 5.72. The summed E-state index contributed by atoms with van der Waals surface area (Å²) in [6, 6.07) is 3.44. The lowest BCUT2D eigenvalue weighted by Crippen LogP contribution is -2.47. The molecule has 1 aliphatic rings. The highest BCUT2D eigenvalue weighted by atomic mass is 79.9. The monoisotopic (exact) mass is 360 g/mol. The molecular formula is C14H21BrN2O2S. The minimum absolute atomic E-state index is 0.0309. The summed E-state index contributed by atoms with van der Waals surface area (Å²) >= 11 is 3.33. The van der Waals surface area contributed by atoms with Gasteiger partial charge in [-0.3, -0.25) is 0 Å². The number of nitrogens with two attached hydrogens (primary N) is 1. The van der Waals surface area contributed by atoms with Crippen molar-refractivity contribution in [3.8, 4) is 0 Å². The summed E-state index contributed by atoms with van der Waals surface area (Å²) in [4.78, 5) is 0.310. The fourth-order valence-electron chi connectivity index (χ4n) is 2.93. The maximum absolute atomic E-state index is 13.0. The van der Waals surface area contributed by atoms with Crippen LogP contribution in [0, 0.1) is 6.92 Å². The summed E-state index contributed by atoms with van der Waals surface area (Å²) < 4.78 is 28.3. The molecule has 1 aromatic carbocycles. The smallest absolute Gasteiger partial charge is 0.243 e. The van der Waals surface area contributed by atoms with Crippen molar-refractivity contribution in [1.29, 1.82) is 0 Å². The third-order valence-corrected chi connectivity index (χ3v) is 6.75. The topological polar surface area (TPSA) is 63.4 Å². The van der Waals surface area contributed by atoms with E-state index in [2.05, 4.69) is 15.9 Å². The molecule has 6 heteroatoms. The van der Waals surface area contributed by atoms with E-state index in [0.29, 0.717) is 20.6 Å². The van der Waals surface area contributed by atoms with Crippen LogP contribution >= 0.6 is 15.9 Å². The second-order valence-corrected chi connectivity index (χ2v) is 8.31. The van der Waals surface area contributed by atoms with Gasteiger partial charge in [-0.25, -0.2) is 8.42 Å². The number of hydrogen-bond donors (Lipinski definition) is 1. The van der Waals surface area contributed by atoms with Gasteiger partial charge in [-0.15, -0.1) is 0 Å². The molecule has 0 bridgehead atoms. The predicted octanol–water partition coefficient (Wildman–Crippen LogP) is 3.29. The van der Waals surface area contributed by atoms with Crippen LogP contribution in [0.15, 0.2) is 21.5 Å². The first-order chi connectivity index (χ1) is 9.25. The quantitative estimate of drug-likeness (QED) is 0.823. The molecule has 0 amide bonds. The molecule has 2 rings (SSSR count). The molecule has 20 heavy (non-hydrogen) atoms. The van der Waals surface area contributed by atoms with E-state index in [-0.39, 0.29) is 12.1 Å². The van der Waals surface area contributed by atoms with Crippen molar-refractivity contribution >= 4 is 31.6 Å². The molecule has 0 spiro atoms. The van der Waals surface area contributed by atoms with Gasteiger partial charge in [0.05, 0.1) is 4.90 Å². The maximum atomic E-state index is 13.0. The van der Waals surface area contributed by atoms with Gasteiger partial charge in [0.25, 0.3) is 0 Å². The third kappa shape index (κ3) is 2.73. The molecule has 0 aromatic heterocycles. The first-order valence-corrected chi connectivity index (χ1v) is 9.07. The standard InChI is InChI=1S/C14H21BrN2O2S/c1-9-5-4-6-10(2)17(9)20(18,19)14-8-12(15)7-13(16)11(14)3/h7-10H,4-6,16H2,1-3H3/t9-,10+. The molecule has 0 saturated carbocycles. The van der Waals surface area contributed by atoms with Crippen LogP contribution in [0.1, 0.15) is 38.7 Å². The second-order valence-electron chi connectivity index (χ2n) is 5.58. The van der Waals surface area contributed by atoms with Crippen LogP contribution in [0.3, 0.4) is 0 Å². The van der Waals surface area contributed by atoms with Crippen LogP contribution < -0.4 is 5.73 Å². The summed E-state index contributed by atoms with van der Waals surface area (Å²) in [7, 11) is -3.51. The van der Waals surface area contributed by atoms with E-state index >= 15 is 0 Å². The van der Waals surface area contributed by atoms with Gasteiger partial charge in [0.15, 0.2) is 0 Å². The lowest BCUT2D eigenvalue weighted by Gasteiger charge is -2.38. The number of benzene rings is 1. The summed E-state index contributed by atoms with van der Waals surface area (Å²) in [5.41, 5.74) is 7.02. The highest BCUT2D eigenvalue weighted by molar-refractivity contribution is 9.10. The largest absolute Gasteiger partial charge is 0.398 e. The van der Waals surface area contributed by atoms with Crippen molar-refractivity contribution in [2.45, 2.75) is 57.0 Å². The Balaban J connectivity index is 2.55. The molecule has 0 radical (unpaired) electrons. The number of piperidine rings is 1. The Morgan fingerprint density at radius 1 is 1.25 bits per heavy atom. The molecule has 1 saturated heterocycles. The van der Waals surface area contributed by atoms with Crippen molar-refractivity contribution in [2.75, 3.05) is 5.73 Å². The van der Waals surface area contributed by atoms with Gasteiger partial charge in [0.1, 0.15) is 0 Å². The molecular weight excluding hydrogens is 340 g/mol. The molecule has 0 unspecified atom stereocenters. The van der Waals surface area contributed by atoms with E-state index in [1.165, 1.54) is 0 Å². The first-order valence-electron chi connectivity index (χ1n) is 6.84. The molecule has 1 fully saturated rings. The second kappa shape index (κ2) is 5.66. The Kier molecular flexibility index (Phi) is 4.47. The number of nitrogens with zero attached hydrogens (tertiary/aromatic N) is 1. The molecule has 4 nitrogen and oxygen atoms in total. The van der Waals surface area contributed by atoms with Crippen molar-refractivity contribution in [1.82, 2.24) is 4.31 Å². The predicted molar refractivity (Wildman–Crippen MR) is 85.1 cm³/mol. The van der Waals surface area contributed by atoms with Gasteiger partial charge >= 0.3 is 0 Å². The average Bonchev–Trinajstić information content (AvgIpc) is 2.33. The van der Waals surface area contributed by atoms with Gasteiger partial charge < -0.3 is 5.73 Å². The van der Waals surface area contributed by atoms with E-state index in [0.717, 1.165) is 19.3 Å². The van der Waals surface area contributed by atoms with E-state index in [4.69, 9.17) is 5.73 Å². The molecule has 1 aromatic rings. The molecule has 0 aliphatic carbocycles. The maximum Gasteiger partial charge on any atom is 0.243 e. The zero-order chi connectivity index (χ0) is 15.1. The third-order valence-electron chi connectivity index (χ3n) is 4.03. The van der Waals surface area contributed by atoms with Crippen LogP contribution in [0.4, 0.5) is 5.69 Å². The van der Waals surface area contributed by atoms with Gasteiger partial charge in [0, 0.05) is 22.2 Å². The Bertz CT molecular complexity index is 606. The molecule has 1 aliphatic heterocycles. The zero-order valence-electron chi connectivity index (χ0n) is 12.1. The minimum Gasteiger partial charge on any atom is -0.398 e. The van der Waals surface area contributed by atoms with Crippen LogP contribution in [-0.4, -0.2) is 24.8 Å². The minimum atomic E-state index is -3.51. The van der Waals surface area contributed by atoms with Crippen molar-refractivity contribution in [3.05, 3.63) is 22.2 Å². The first kappa shape index (κ1) is 15.8. The van der Waals surface area contributed by atoms with Crippen LogP contribution in [0.5, 0.6) is 0 Å². The summed E-state index contributed by atoms with van der Waals surface area (Å²) in [5, 5.41) is 0. The number of rotatable bonds is 2. The molecule has 2 N–H and O–H groups in total. The number of anilines is 1. The van der Waals surface area contributed by atoms with E-state index in [1.54, 1.807) is 23.4 Å². The van der Waals surface area contributed by atoms with Crippen LogP contribution in [0.2, 0.25) is 0 Å². The number of nitrogen functional groups attached to an aromatic ring is 1. The summed E-state index contributed by atoms with van der Waals surface area (Å²) in [6.07, 6.45) is 2.90. The van der Waals surface area contributed by atoms with Gasteiger partial charge in [-0.05, 0) is 51.3 Å². The Hall–Kier alpha value is -0.590. The van der Waals surface area contributed by atoms with Crippen molar-refractivity contribution in [3.63, 3.8) is 0 Å². The van der Waals surface area contributed by atoms with E-state index < -0.39 is 10.0 Å². The highest BCUT2D eigenvalue weighted by Gasteiger charge is 2.36. The highest BCUT2D eigenvalue weighted by Crippen LogP contribution is 2.33. The Morgan fingerprint density at radius 2 is 1.80 bits per heavy atom. The van der Waals surface area contributed by atoms with Crippen LogP contribution in [0.25, 0.3) is 0 Å². The van der Waals surface area contributed by atoms with E-state index in [9.17, 15) is 8.42 Å². The van der Waals surface area contributed by atoms with Crippen molar-refractivity contribution in [2.24, 2.45) is 0 Å². The van der Waals surface area contributed by atoms with Gasteiger partial charge in [-0.2, -0.15) is 4.31 Å². The summed E-state index contributed by atoms with van der Waals surface area (Å²) in [5.74, 6) is 0. The van der Waals surface area contributed by atoms with Gasteiger partial charge in [0.2, 0.25) is 10.0 Å². The normalized spacial score (nSPS) is 24.8. The van der Waals surface area contributed by atoms with Crippen LogP contribution in [-0.2, 0) is 10.0 Å². The molecule has 2 atom stereocenters. The number of sulfonamides is 1. The summed E-state index contributed by atoms with van der Waals surface area (Å²) in [6.45, 7) is 5.71. The number of hydrogen-bond acceptors (Lipinski definition) is 3.